The molecule has 0 radical (unpaired) electrons. The zero-order chi connectivity index (χ0) is 14.3. The zero-order valence-electron chi connectivity index (χ0n) is 11.2. The van der Waals surface area contributed by atoms with Gasteiger partial charge in [0.1, 0.15) is 11.6 Å². The molecule has 0 spiro atoms. The summed E-state index contributed by atoms with van der Waals surface area (Å²) >= 11 is 6.40. The molecule has 0 N–H and O–H groups in total. The van der Waals surface area contributed by atoms with Crippen molar-refractivity contribution in [3.8, 4) is 0 Å². The maximum absolute atomic E-state index is 13.9. The minimum atomic E-state index is -0.589. The molecule has 1 unspecified atom stereocenters. The normalized spacial score (nSPS) is 15.2. The molecule has 0 aromatic heterocycles. The minimum Gasteiger partial charge on any atom is -0.207 e. The van der Waals surface area contributed by atoms with Crippen LogP contribution in [-0.2, 0) is 12.8 Å². The van der Waals surface area contributed by atoms with Crippen LogP contribution in [0.25, 0.3) is 0 Å². The van der Waals surface area contributed by atoms with Crippen molar-refractivity contribution in [2.24, 2.45) is 0 Å². The number of alkyl halides is 1. The van der Waals surface area contributed by atoms with Gasteiger partial charge >= 0.3 is 0 Å². The Labute approximate surface area is 122 Å². The Bertz CT molecular complexity index is 664. The second-order valence-electron chi connectivity index (χ2n) is 5.37. The van der Waals surface area contributed by atoms with E-state index in [1.54, 1.807) is 6.92 Å². The van der Waals surface area contributed by atoms with Gasteiger partial charge in [0, 0.05) is 11.6 Å². The van der Waals surface area contributed by atoms with Crippen LogP contribution in [0.1, 0.15) is 39.6 Å². The molecule has 0 heterocycles. The maximum Gasteiger partial charge on any atom is 0.131 e. The monoisotopic (exact) mass is 292 g/mol. The van der Waals surface area contributed by atoms with Crippen LogP contribution in [0.4, 0.5) is 8.78 Å². The first kappa shape index (κ1) is 13.6. The summed E-state index contributed by atoms with van der Waals surface area (Å²) in [6.45, 7) is 1.62. The minimum absolute atomic E-state index is 0.337. The molecule has 1 aliphatic carbocycles. The van der Waals surface area contributed by atoms with Crippen molar-refractivity contribution in [2.75, 3.05) is 0 Å². The number of halogens is 3. The molecule has 0 saturated heterocycles. The van der Waals surface area contributed by atoms with Crippen LogP contribution >= 0.6 is 11.6 Å². The topological polar surface area (TPSA) is 0 Å². The van der Waals surface area contributed by atoms with Gasteiger partial charge in [-0.25, -0.2) is 8.78 Å². The van der Waals surface area contributed by atoms with E-state index in [1.165, 1.54) is 17.2 Å². The van der Waals surface area contributed by atoms with Gasteiger partial charge < -0.3 is 0 Å². The van der Waals surface area contributed by atoms with Gasteiger partial charge in [0.05, 0.1) is 5.38 Å². The van der Waals surface area contributed by atoms with Gasteiger partial charge in [-0.1, -0.05) is 18.2 Å². The Hall–Kier alpha value is -1.41. The van der Waals surface area contributed by atoms with Crippen molar-refractivity contribution in [1.29, 1.82) is 0 Å². The third kappa shape index (κ3) is 2.33. The molecule has 104 valence electrons. The molecule has 0 bridgehead atoms. The number of fused-ring (bicyclic) bond motifs is 1. The molecule has 2 aromatic rings. The summed E-state index contributed by atoms with van der Waals surface area (Å²) in [5, 5.41) is -0.583. The molecular formula is C17H15ClF2. The lowest BCUT2D eigenvalue weighted by atomic mass is 9.98. The van der Waals surface area contributed by atoms with E-state index in [9.17, 15) is 8.78 Å². The van der Waals surface area contributed by atoms with Gasteiger partial charge in [-0.05, 0) is 54.5 Å². The van der Waals surface area contributed by atoms with Crippen LogP contribution in [0, 0.1) is 18.6 Å². The molecule has 2 aromatic carbocycles. The first-order chi connectivity index (χ1) is 9.56. The summed E-state index contributed by atoms with van der Waals surface area (Å²) in [7, 11) is 0. The highest BCUT2D eigenvalue weighted by atomic mass is 35.5. The van der Waals surface area contributed by atoms with Gasteiger partial charge in [0.25, 0.3) is 0 Å². The highest BCUT2D eigenvalue weighted by molar-refractivity contribution is 6.22. The molecular weight excluding hydrogens is 278 g/mol. The molecule has 0 fully saturated rings. The molecule has 0 amide bonds. The van der Waals surface area contributed by atoms with Gasteiger partial charge in [0.15, 0.2) is 0 Å². The van der Waals surface area contributed by atoms with Crippen molar-refractivity contribution in [2.45, 2.75) is 31.6 Å². The molecule has 1 aliphatic rings. The summed E-state index contributed by atoms with van der Waals surface area (Å²) < 4.78 is 27.2. The largest absolute Gasteiger partial charge is 0.207 e. The molecule has 1 atom stereocenters. The van der Waals surface area contributed by atoms with Crippen molar-refractivity contribution >= 4 is 11.6 Å². The molecule has 3 rings (SSSR count). The summed E-state index contributed by atoms with van der Waals surface area (Å²) in [6.07, 6.45) is 3.32. The van der Waals surface area contributed by atoms with Crippen LogP contribution < -0.4 is 0 Å². The first-order valence-electron chi connectivity index (χ1n) is 6.77. The first-order valence-corrected chi connectivity index (χ1v) is 7.21. The van der Waals surface area contributed by atoms with Crippen LogP contribution in [-0.4, -0.2) is 0 Å². The predicted octanol–water partition coefficient (Wildman–Crippen LogP) is 5.09. The Morgan fingerprint density at radius 3 is 2.55 bits per heavy atom. The van der Waals surface area contributed by atoms with E-state index < -0.39 is 17.0 Å². The van der Waals surface area contributed by atoms with Gasteiger partial charge in [0.2, 0.25) is 0 Å². The average molecular weight is 293 g/mol. The van der Waals surface area contributed by atoms with Gasteiger partial charge in [-0.2, -0.15) is 0 Å². The van der Waals surface area contributed by atoms with E-state index >= 15 is 0 Å². The number of aryl methyl sites for hydroxylation is 3. The van der Waals surface area contributed by atoms with Crippen LogP contribution in [0.5, 0.6) is 0 Å². The number of hydrogen-bond donors (Lipinski definition) is 0. The maximum atomic E-state index is 13.9. The fourth-order valence-electron chi connectivity index (χ4n) is 2.80. The van der Waals surface area contributed by atoms with Crippen molar-refractivity contribution in [1.82, 2.24) is 0 Å². The lowest BCUT2D eigenvalue weighted by Gasteiger charge is -2.14. The zero-order valence-corrected chi connectivity index (χ0v) is 12.0. The van der Waals surface area contributed by atoms with Crippen LogP contribution in [0.15, 0.2) is 30.3 Å². The second kappa shape index (κ2) is 5.17. The second-order valence-corrected chi connectivity index (χ2v) is 5.80. The Morgan fingerprint density at radius 2 is 1.75 bits per heavy atom. The Morgan fingerprint density at radius 1 is 1.00 bits per heavy atom. The summed E-state index contributed by atoms with van der Waals surface area (Å²) in [4.78, 5) is 0. The van der Waals surface area contributed by atoms with Crippen LogP contribution in [0.3, 0.4) is 0 Å². The summed E-state index contributed by atoms with van der Waals surface area (Å²) in [6, 6.07) is 8.47. The number of rotatable bonds is 2. The fourth-order valence-corrected chi connectivity index (χ4v) is 3.11. The van der Waals surface area contributed by atoms with Crippen molar-refractivity contribution in [3.05, 3.63) is 69.8 Å². The average Bonchev–Trinajstić information content (AvgIpc) is 2.89. The van der Waals surface area contributed by atoms with E-state index in [4.69, 9.17) is 11.6 Å². The van der Waals surface area contributed by atoms with E-state index in [1.807, 2.05) is 6.07 Å². The molecule has 0 nitrogen and oxygen atoms in total. The lowest BCUT2D eigenvalue weighted by molar-refractivity contribution is 0.568. The van der Waals surface area contributed by atoms with E-state index in [0.717, 1.165) is 30.9 Å². The Balaban J connectivity index is 2.00. The predicted molar refractivity (Wildman–Crippen MR) is 77.3 cm³/mol. The highest BCUT2D eigenvalue weighted by Gasteiger charge is 2.19. The SMILES string of the molecule is Cc1cc(C(Cl)c2ccc3c(c2)CCC3)c(F)cc1F. The molecule has 0 aliphatic heterocycles. The van der Waals surface area contributed by atoms with E-state index in [2.05, 4.69) is 12.1 Å². The quantitative estimate of drug-likeness (QED) is 0.676. The van der Waals surface area contributed by atoms with Gasteiger partial charge in [-0.3, -0.25) is 0 Å². The molecule has 3 heteroatoms. The lowest BCUT2D eigenvalue weighted by Crippen LogP contribution is -2.00. The van der Waals surface area contributed by atoms with Gasteiger partial charge in [-0.15, -0.1) is 11.6 Å². The van der Waals surface area contributed by atoms with Crippen molar-refractivity contribution in [3.63, 3.8) is 0 Å². The fraction of sp³-hybridized carbons (Fsp3) is 0.294. The van der Waals surface area contributed by atoms with E-state index in [-0.39, 0.29) is 0 Å². The van der Waals surface area contributed by atoms with E-state index in [0.29, 0.717) is 11.1 Å². The number of benzene rings is 2. The third-order valence-electron chi connectivity index (χ3n) is 3.97. The summed E-state index contributed by atoms with van der Waals surface area (Å²) in [5.74, 6) is -1.13. The number of hydrogen-bond acceptors (Lipinski definition) is 0. The highest BCUT2D eigenvalue weighted by Crippen LogP contribution is 2.34. The molecule has 0 saturated carbocycles. The van der Waals surface area contributed by atoms with Crippen LogP contribution in [0.2, 0.25) is 0 Å². The molecule has 20 heavy (non-hydrogen) atoms. The smallest absolute Gasteiger partial charge is 0.131 e. The standard InChI is InChI=1S/C17H15ClF2/c1-10-7-14(16(20)9-15(10)19)17(18)13-6-5-11-3-2-4-12(11)8-13/h5-9,17H,2-4H2,1H3. The summed E-state index contributed by atoms with van der Waals surface area (Å²) in [5.41, 5.74) is 4.27. The third-order valence-corrected chi connectivity index (χ3v) is 4.45. The van der Waals surface area contributed by atoms with Crippen molar-refractivity contribution < 1.29 is 8.78 Å². The Kier molecular flexibility index (Phi) is 3.51.